The molecule has 0 saturated heterocycles. The van der Waals surface area contributed by atoms with E-state index in [-0.39, 0.29) is 28.6 Å². The van der Waals surface area contributed by atoms with Gasteiger partial charge in [-0.2, -0.15) is 4.31 Å². The molecule has 12 heteroatoms. The van der Waals surface area contributed by atoms with E-state index in [1.165, 1.54) is 19.2 Å². The van der Waals surface area contributed by atoms with Crippen LogP contribution < -0.4 is 21.5 Å². The molecule has 35 heavy (non-hydrogen) atoms. The molecule has 0 aliphatic carbocycles. The van der Waals surface area contributed by atoms with Gasteiger partial charge < -0.3 is 20.6 Å². The highest BCUT2D eigenvalue weighted by Crippen LogP contribution is 2.40. The van der Waals surface area contributed by atoms with Crippen molar-refractivity contribution in [2.24, 2.45) is 0 Å². The number of para-hydroxylation sites is 1. The molecule has 0 heterocycles. The Morgan fingerprint density at radius 1 is 0.943 bits per heavy atom. The van der Waals surface area contributed by atoms with E-state index in [0.717, 1.165) is 17.4 Å². The van der Waals surface area contributed by atoms with Crippen molar-refractivity contribution in [3.8, 4) is 5.75 Å². The lowest BCUT2D eigenvalue weighted by molar-refractivity contribution is 0.282. The van der Waals surface area contributed by atoms with Crippen LogP contribution in [0.2, 0.25) is 5.02 Å². The topological polar surface area (TPSA) is 119 Å². The molecule has 3 aromatic rings. The number of hydrogen-bond acceptors (Lipinski definition) is 8. The first kappa shape index (κ1) is 27.2. The van der Waals surface area contributed by atoms with Crippen molar-refractivity contribution in [3.63, 3.8) is 0 Å². The minimum absolute atomic E-state index is 0.00278. The van der Waals surface area contributed by atoms with E-state index >= 15 is 0 Å². The zero-order valence-electron chi connectivity index (χ0n) is 19.4. The molecule has 3 rings (SSSR count). The van der Waals surface area contributed by atoms with Gasteiger partial charge in [0.2, 0.25) is 10.0 Å². The number of phenolic OH excluding ortho intramolecular Hbond substituents is 1. The van der Waals surface area contributed by atoms with Crippen LogP contribution in [0.25, 0.3) is 0 Å². The van der Waals surface area contributed by atoms with Crippen LogP contribution in [-0.4, -0.2) is 56.0 Å². The fourth-order valence-corrected chi connectivity index (χ4v) is 5.58. The van der Waals surface area contributed by atoms with Gasteiger partial charge in [-0.25, -0.2) is 8.42 Å². The monoisotopic (exact) mass is 584 g/mol. The molecule has 0 aliphatic rings. The zero-order chi connectivity index (χ0) is 25.9. The second-order valence-corrected chi connectivity index (χ2v) is 11.0. The summed E-state index contributed by atoms with van der Waals surface area (Å²) in [5, 5.41) is 16.3. The Balaban J connectivity index is 1.92. The molecular formula is C23H26BrClN4O5S. The number of aromatic hydroxyl groups is 1. The summed E-state index contributed by atoms with van der Waals surface area (Å²) in [5.74, 6) is -0.646. The Bertz CT molecular complexity index is 1400. The fraction of sp³-hybridized carbons (Fsp3) is 0.304. The average molecular weight is 586 g/mol. The molecule has 0 radical (unpaired) electrons. The van der Waals surface area contributed by atoms with Crippen molar-refractivity contribution in [1.29, 1.82) is 0 Å². The first-order chi connectivity index (χ1) is 16.5. The van der Waals surface area contributed by atoms with Gasteiger partial charge in [0.05, 0.1) is 16.4 Å². The third-order valence-electron chi connectivity index (χ3n) is 5.68. The number of rotatable bonds is 11. The number of hydrogen-bond donors (Lipinski definition) is 3. The molecule has 0 atom stereocenters. The van der Waals surface area contributed by atoms with Crippen LogP contribution in [0.3, 0.4) is 0 Å². The molecule has 0 unspecified atom stereocenters. The largest absolute Gasteiger partial charge is 0.504 e. The molecule has 0 aliphatic heterocycles. The molecule has 0 saturated carbocycles. The van der Waals surface area contributed by atoms with E-state index in [4.69, 9.17) is 11.6 Å². The first-order valence-electron chi connectivity index (χ1n) is 10.8. The summed E-state index contributed by atoms with van der Waals surface area (Å²) >= 11 is 9.55. The van der Waals surface area contributed by atoms with Crippen molar-refractivity contribution < 1.29 is 13.5 Å². The van der Waals surface area contributed by atoms with E-state index in [9.17, 15) is 23.1 Å². The van der Waals surface area contributed by atoms with Crippen LogP contribution >= 0.6 is 27.5 Å². The summed E-state index contributed by atoms with van der Waals surface area (Å²) < 4.78 is 28.3. The summed E-state index contributed by atoms with van der Waals surface area (Å²) in [6, 6.07) is 9.67. The molecule has 0 aromatic heterocycles. The molecule has 3 N–H and O–H groups in total. The number of phenols is 1. The Labute approximate surface area is 217 Å². The van der Waals surface area contributed by atoms with Gasteiger partial charge in [-0.05, 0) is 53.3 Å². The highest BCUT2D eigenvalue weighted by Gasteiger charge is 2.30. The number of anilines is 4. The van der Waals surface area contributed by atoms with Crippen molar-refractivity contribution in [2.75, 3.05) is 43.9 Å². The predicted octanol–water partition coefficient (Wildman–Crippen LogP) is 3.85. The number of nitrogens with one attached hydrogen (secondary N) is 2. The van der Waals surface area contributed by atoms with Gasteiger partial charge in [-0.3, -0.25) is 9.59 Å². The molecule has 0 spiro atoms. The predicted molar refractivity (Wildman–Crippen MR) is 143 cm³/mol. The third kappa shape index (κ3) is 5.54. The van der Waals surface area contributed by atoms with Crippen molar-refractivity contribution in [3.05, 3.63) is 66.3 Å². The van der Waals surface area contributed by atoms with E-state index in [2.05, 4.69) is 31.5 Å². The van der Waals surface area contributed by atoms with Gasteiger partial charge in [0, 0.05) is 24.6 Å². The maximum absolute atomic E-state index is 13.2. The Hall–Kier alpha value is -2.44. The molecule has 188 valence electrons. The summed E-state index contributed by atoms with van der Waals surface area (Å²) in [7, 11) is -2.75. The minimum atomic E-state index is -4.16. The third-order valence-corrected chi connectivity index (χ3v) is 8.73. The maximum atomic E-state index is 13.2. The Morgan fingerprint density at radius 2 is 1.51 bits per heavy atom. The number of likely N-dealkylation sites (N-methyl/N-ethyl adjacent to an activating group) is 2. The van der Waals surface area contributed by atoms with Gasteiger partial charge in [0.15, 0.2) is 5.75 Å². The summed E-state index contributed by atoms with van der Waals surface area (Å²) in [5.41, 5.74) is -1.15. The second-order valence-electron chi connectivity index (χ2n) is 7.76. The van der Waals surface area contributed by atoms with Crippen molar-refractivity contribution >= 4 is 60.3 Å². The lowest BCUT2D eigenvalue weighted by Crippen LogP contribution is -2.36. The van der Waals surface area contributed by atoms with Crippen LogP contribution in [0.5, 0.6) is 5.75 Å². The number of nitrogens with zero attached hydrogens (tertiary/aromatic N) is 2. The van der Waals surface area contributed by atoms with Gasteiger partial charge >= 0.3 is 0 Å². The van der Waals surface area contributed by atoms with Gasteiger partial charge in [-0.1, -0.05) is 37.6 Å². The lowest BCUT2D eigenvalue weighted by Gasteiger charge is -2.24. The standard InChI is InChI=1S/C23H26BrClN4O5S/c1-4-29(5-2)13-12-28(3)35(33,34)23-15(25)10-11-17(20(23)30)27-19-18(21(31)22(19)32)26-16-9-7-6-8-14(16)24/h6-11,26-27,30H,4-5,12-13H2,1-3H3. The first-order valence-corrected chi connectivity index (χ1v) is 13.5. The van der Waals surface area contributed by atoms with Crippen LogP contribution in [0.4, 0.5) is 22.7 Å². The number of sulfonamides is 1. The minimum Gasteiger partial charge on any atom is -0.504 e. The number of halogens is 2. The lowest BCUT2D eigenvalue weighted by atomic mass is 10.1. The highest BCUT2D eigenvalue weighted by molar-refractivity contribution is 9.10. The second kappa shape index (κ2) is 11.1. The van der Waals surface area contributed by atoms with Crippen LogP contribution in [0.1, 0.15) is 13.8 Å². The van der Waals surface area contributed by atoms with Crippen LogP contribution in [0, 0.1) is 0 Å². The summed E-state index contributed by atoms with van der Waals surface area (Å²) in [6.45, 7) is 6.20. The maximum Gasteiger partial charge on any atom is 0.253 e. The SMILES string of the molecule is CCN(CC)CCN(C)S(=O)(=O)c1c(Cl)ccc(Nc2c(Nc3ccccc3Br)c(=O)c2=O)c1O. The summed E-state index contributed by atoms with van der Waals surface area (Å²) in [6.07, 6.45) is 0. The quantitative estimate of drug-likeness (QED) is 0.229. The van der Waals surface area contributed by atoms with E-state index in [0.29, 0.717) is 16.7 Å². The summed E-state index contributed by atoms with van der Waals surface area (Å²) in [4.78, 5) is 26.0. The zero-order valence-corrected chi connectivity index (χ0v) is 22.6. The normalized spacial score (nSPS) is 12.0. The van der Waals surface area contributed by atoms with Crippen LogP contribution in [0.15, 0.2) is 55.4 Å². The smallest absolute Gasteiger partial charge is 0.253 e. The molecule has 0 fully saturated rings. The van der Waals surface area contributed by atoms with Gasteiger partial charge in [0.25, 0.3) is 10.9 Å². The fourth-order valence-electron chi connectivity index (χ4n) is 3.45. The van der Waals surface area contributed by atoms with Gasteiger partial charge in [-0.15, -0.1) is 0 Å². The van der Waals surface area contributed by atoms with E-state index in [1.54, 1.807) is 24.3 Å². The molecular weight excluding hydrogens is 560 g/mol. The van der Waals surface area contributed by atoms with E-state index in [1.807, 2.05) is 13.8 Å². The molecule has 0 amide bonds. The molecule has 0 bridgehead atoms. The van der Waals surface area contributed by atoms with Gasteiger partial charge in [0.1, 0.15) is 16.3 Å². The van der Waals surface area contributed by atoms with E-state index < -0.39 is 31.5 Å². The Kier molecular flexibility index (Phi) is 8.60. The number of benzene rings is 2. The highest BCUT2D eigenvalue weighted by atomic mass is 79.9. The Morgan fingerprint density at radius 3 is 2.09 bits per heavy atom. The average Bonchev–Trinajstić information content (AvgIpc) is 2.83. The van der Waals surface area contributed by atoms with Crippen LogP contribution in [-0.2, 0) is 10.0 Å². The van der Waals surface area contributed by atoms with Crippen molar-refractivity contribution in [2.45, 2.75) is 18.7 Å². The molecule has 9 nitrogen and oxygen atoms in total. The van der Waals surface area contributed by atoms with Crippen molar-refractivity contribution in [1.82, 2.24) is 9.21 Å². The molecule has 3 aromatic carbocycles.